The molecule has 0 saturated heterocycles. The maximum Gasteiger partial charge on any atom is 0.252 e. The number of rotatable bonds is 4. The number of hydrogen-bond donors (Lipinski definition) is 3. The molecule has 1 aliphatic carbocycles. The molecular formula is C27H19N5O2. The van der Waals surface area contributed by atoms with Crippen molar-refractivity contribution >= 4 is 22.8 Å². The van der Waals surface area contributed by atoms with E-state index in [1.807, 2.05) is 42.5 Å². The average Bonchev–Trinajstić information content (AvgIpc) is 3.44. The zero-order valence-electron chi connectivity index (χ0n) is 17.9. The molecule has 0 bridgehead atoms. The normalized spacial score (nSPS) is 13.9. The summed E-state index contributed by atoms with van der Waals surface area (Å²) in [5, 5.41) is 3.15. The van der Waals surface area contributed by atoms with Gasteiger partial charge in [0, 0.05) is 22.9 Å². The predicted molar refractivity (Wildman–Crippen MR) is 129 cm³/mol. The van der Waals surface area contributed by atoms with Gasteiger partial charge in [0.25, 0.3) is 5.91 Å². The standard InChI is InChI=1S/C27H19N5O2/c28-25(33)15-5-3-6-16(13-15)27(34)32-24-18-8-2-1-7-17(18)23-19(24)9-4-10-20(23)26-30-21-11-12-29-14-22(21)31-26/h1-14,24H,(H2,28,33)(H,30,31)(H,32,34). The fraction of sp³-hybridized carbons (Fsp3) is 0.0370. The Labute approximate surface area is 194 Å². The lowest BCUT2D eigenvalue weighted by molar-refractivity contribution is 0.0943. The van der Waals surface area contributed by atoms with E-state index in [9.17, 15) is 9.59 Å². The molecule has 1 unspecified atom stereocenters. The van der Waals surface area contributed by atoms with E-state index in [0.717, 1.165) is 44.7 Å². The highest BCUT2D eigenvalue weighted by molar-refractivity contribution is 6.00. The van der Waals surface area contributed by atoms with E-state index in [4.69, 9.17) is 10.7 Å². The number of carbonyl (C=O) groups excluding carboxylic acids is 2. The summed E-state index contributed by atoms with van der Waals surface area (Å²) < 4.78 is 0. The Morgan fingerprint density at radius 2 is 1.65 bits per heavy atom. The van der Waals surface area contributed by atoms with Gasteiger partial charge in [-0.05, 0) is 46.5 Å². The minimum Gasteiger partial charge on any atom is -0.366 e. The van der Waals surface area contributed by atoms with Crippen LogP contribution in [-0.4, -0.2) is 26.8 Å². The van der Waals surface area contributed by atoms with Gasteiger partial charge in [-0.25, -0.2) is 4.98 Å². The summed E-state index contributed by atoms with van der Waals surface area (Å²) in [5.41, 5.74) is 12.8. The summed E-state index contributed by atoms with van der Waals surface area (Å²) in [7, 11) is 0. The molecule has 0 fully saturated rings. The van der Waals surface area contributed by atoms with Crippen molar-refractivity contribution in [3.8, 4) is 22.5 Å². The summed E-state index contributed by atoms with van der Waals surface area (Å²) in [4.78, 5) is 37.0. The molecular weight excluding hydrogens is 426 g/mol. The molecule has 5 aromatic rings. The number of carbonyl (C=O) groups is 2. The maximum atomic E-state index is 13.2. The molecule has 0 aliphatic heterocycles. The van der Waals surface area contributed by atoms with Crippen LogP contribution in [0.4, 0.5) is 0 Å². The number of amides is 2. The highest BCUT2D eigenvalue weighted by Crippen LogP contribution is 2.47. The van der Waals surface area contributed by atoms with Crippen LogP contribution in [-0.2, 0) is 0 Å². The number of primary amides is 1. The number of H-pyrrole nitrogens is 1. The minimum absolute atomic E-state index is 0.282. The number of benzene rings is 3. The number of aromatic amines is 1. The Morgan fingerprint density at radius 1 is 0.882 bits per heavy atom. The van der Waals surface area contributed by atoms with Crippen LogP contribution in [0, 0.1) is 0 Å². The van der Waals surface area contributed by atoms with Crippen molar-refractivity contribution in [2.24, 2.45) is 5.73 Å². The first-order chi connectivity index (χ1) is 16.6. The van der Waals surface area contributed by atoms with E-state index >= 15 is 0 Å². The van der Waals surface area contributed by atoms with Crippen LogP contribution < -0.4 is 11.1 Å². The zero-order valence-corrected chi connectivity index (χ0v) is 17.9. The van der Waals surface area contributed by atoms with Gasteiger partial charge in [0.15, 0.2) is 0 Å². The van der Waals surface area contributed by atoms with Crippen molar-refractivity contribution in [3.05, 3.63) is 107 Å². The number of fused-ring (bicyclic) bond motifs is 4. The van der Waals surface area contributed by atoms with E-state index < -0.39 is 5.91 Å². The second-order valence-electron chi connectivity index (χ2n) is 8.19. The van der Waals surface area contributed by atoms with Gasteiger partial charge < -0.3 is 16.0 Å². The molecule has 0 radical (unpaired) electrons. The maximum absolute atomic E-state index is 13.2. The van der Waals surface area contributed by atoms with Gasteiger partial charge in [0.05, 0.1) is 23.3 Å². The molecule has 2 amide bonds. The third-order valence-corrected chi connectivity index (χ3v) is 6.17. The number of nitrogens with zero attached hydrogens (tertiary/aromatic N) is 2. The van der Waals surface area contributed by atoms with E-state index in [0.29, 0.717) is 11.1 Å². The summed E-state index contributed by atoms with van der Waals surface area (Å²) in [6.07, 6.45) is 3.47. The topological polar surface area (TPSA) is 114 Å². The van der Waals surface area contributed by atoms with Crippen molar-refractivity contribution in [3.63, 3.8) is 0 Å². The predicted octanol–water partition coefficient (Wildman–Crippen LogP) is 4.22. The van der Waals surface area contributed by atoms with Gasteiger partial charge in [-0.2, -0.15) is 0 Å². The van der Waals surface area contributed by atoms with Gasteiger partial charge in [-0.3, -0.25) is 14.6 Å². The molecule has 6 rings (SSSR count). The Morgan fingerprint density at radius 3 is 2.50 bits per heavy atom. The molecule has 2 heterocycles. The Hall–Kier alpha value is -4.78. The second-order valence-corrected chi connectivity index (χ2v) is 8.19. The van der Waals surface area contributed by atoms with Gasteiger partial charge in [0.2, 0.25) is 5.91 Å². The van der Waals surface area contributed by atoms with E-state index in [1.165, 1.54) is 6.07 Å². The van der Waals surface area contributed by atoms with Crippen LogP contribution in [0.25, 0.3) is 33.5 Å². The number of nitrogens with one attached hydrogen (secondary N) is 2. The minimum atomic E-state index is -0.572. The van der Waals surface area contributed by atoms with Gasteiger partial charge in [-0.15, -0.1) is 0 Å². The van der Waals surface area contributed by atoms with Gasteiger partial charge in [0.1, 0.15) is 5.82 Å². The summed E-state index contributed by atoms with van der Waals surface area (Å²) in [5.74, 6) is -0.108. The lowest BCUT2D eigenvalue weighted by Crippen LogP contribution is -2.28. The number of nitrogens with two attached hydrogens (primary N) is 1. The van der Waals surface area contributed by atoms with Crippen LogP contribution in [0.15, 0.2) is 85.2 Å². The first-order valence-electron chi connectivity index (χ1n) is 10.8. The summed E-state index contributed by atoms with van der Waals surface area (Å²) in [6, 6.07) is 22.0. The third-order valence-electron chi connectivity index (χ3n) is 6.17. The summed E-state index contributed by atoms with van der Waals surface area (Å²) in [6.45, 7) is 0. The van der Waals surface area contributed by atoms with Crippen LogP contribution in [0.3, 0.4) is 0 Å². The highest BCUT2D eigenvalue weighted by atomic mass is 16.2. The number of pyridine rings is 1. The lowest BCUT2D eigenvalue weighted by Gasteiger charge is -2.16. The van der Waals surface area contributed by atoms with Crippen molar-refractivity contribution in [2.45, 2.75) is 6.04 Å². The molecule has 7 heteroatoms. The molecule has 4 N–H and O–H groups in total. The van der Waals surface area contributed by atoms with Crippen molar-refractivity contribution in [2.75, 3.05) is 0 Å². The van der Waals surface area contributed by atoms with Crippen molar-refractivity contribution in [1.29, 1.82) is 0 Å². The fourth-order valence-corrected chi connectivity index (χ4v) is 4.62. The lowest BCUT2D eigenvalue weighted by atomic mass is 9.98. The molecule has 3 aromatic carbocycles. The molecule has 0 spiro atoms. The van der Waals surface area contributed by atoms with Crippen LogP contribution in [0.1, 0.15) is 37.9 Å². The van der Waals surface area contributed by atoms with Crippen molar-refractivity contribution in [1.82, 2.24) is 20.3 Å². The molecule has 0 saturated carbocycles. The zero-order chi connectivity index (χ0) is 23.2. The van der Waals surface area contributed by atoms with Crippen LogP contribution in [0.2, 0.25) is 0 Å². The van der Waals surface area contributed by atoms with E-state index in [-0.39, 0.29) is 11.9 Å². The first kappa shape index (κ1) is 19.9. The fourth-order valence-electron chi connectivity index (χ4n) is 4.62. The largest absolute Gasteiger partial charge is 0.366 e. The Bertz CT molecular complexity index is 1570. The smallest absolute Gasteiger partial charge is 0.252 e. The van der Waals surface area contributed by atoms with Gasteiger partial charge in [-0.1, -0.05) is 48.5 Å². The third kappa shape index (κ3) is 3.14. The van der Waals surface area contributed by atoms with Crippen molar-refractivity contribution < 1.29 is 9.59 Å². The first-order valence-corrected chi connectivity index (χ1v) is 10.8. The van der Waals surface area contributed by atoms with Crippen LogP contribution >= 0.6 is 0 Å². The van der Waals surface area contributed by atoms with Gasteiger partial charge >= 0.3 is 0 Å². The molecule has 34 heavy (non-hydrogen) atoms. The molecule has 7 nitrogen and oxygen atoms in total. The Kier molecular flexibility index (Phi) is 4.48. The highest BCUT2D eigenvalue weighted by Gasteiger charge is 2.32. The molecule has 164 valence electrons. The summed E-state index contributed by atoms with van der Waals surface area (Å²) >= 11 is 0. The number of imidazole rings is 1. The second kappa shape index (κ2) is 7.67. The average molecular weight is 445 g/mol. The quantitative estimate of drug-likeness (QED) is 0.384. The molecule has 2 aromatic heterocycles. The monoisotopic (exact) mass is 445 g/mol. The number of aromatic nitrogens is 3. The van der Waals surface area contributed by atoms with E-state index in [2.05, 4.69) is 21.4 Å². The SMILES string of the molecule is NC(=O)c1cccc(C(=O)NC2c3ccccc3-c3c(-c4nc5ccncc5[nH]4)cccc32)c1. The van der Waals surface area contributed by atoms with E-state index in [1.54, 1.807) is 30.6 Å². The number of hydrogen-bond acceptors (Lipinski definition) is 4. The Balaban J connectivity index is 1.45. The molecule has 1 atom stereocenters. The molecule has 1 aliphatic rings. The van der Waals surface area contributed by atoms with Crippen LogP contribution in [0.5, 0.6) is 0 Å².